The van der Waals surface area contributed by atoms with Crippen LogP contribution in [0.5, 0.6) is 0 Å². The Morgan fingerprint density at radius 2 is 1.77 bits per heavy atom. The highest BCUT2D eigenvalue weighted by molar-refractivity contribution is 6.35. The Hall–Kier alpha value is -1.72. The minimum atomic E-state index is -1.67. The van der Waals surface area contributed by atoms with Crippen molar-refractivity contribution in [1.82, 2.24) is 5.32 Å². The molecule has 0 saturated heterocycles. The molecule has 22 heavy (non-hydrogen) atoms. The summed E-state index contributed by atoms with van der Waals surface area (Å²) < 4.78 is 39.3. The average molecular weight is 348 g/mol. The van der Waals surface area contributed by atoms with Gasteiger partial charge in [0.2, 0.25) is 0 Å². The van der Waals surface area contributed by atoms with E-state index in [1.54, 1.807) is 18.2 Å². The Kier molecular flexibility index (Phi) is 5.32. The summed E-state index contributed by atoms with van der Waals surface area (Å²) in [4.78, 5) is 11.8. The molecule has 2 nitrogen and oxygen atoms in total. The van der Waals surface area contributed by atoms with E-state index < -0.39 is 28.9 Å². The molecular weight excluding hydrogens is 338 g/mol. The van der Waals surface area contributed by atoms with Crippen LogP contribution in [0.15, 0.2) is 30.3 Å². The highest BCUT2D eigenvalue weighted by Crippen LogP contribution is 2.21. The summed E-state index contributed by atoms with van der Waals surface area (Å²) in [5.41, 5.74) is 0.193. The summed E-state index contributed by atoms with van der Waals surface area (Å²) in [5.74, 6) is -5.36. The van der Waals surface area contributed by atoms with Crippen LogP contribution in [-0.4, -0.2) is 12.5 Å². The Morgan fingerprint density at radius 1 is 1.05 bits per heavy atom. The van der Waals surface area contributed by atoms with Gasteiger partial charge in [-0.15, -0.1) is 0 Å². The monoisotopic (exact) mass is 347 g/mol. The molecule has 1 amide bonds. The molecule has 0 bridgehead atoms. The lowest BCUT2D eigenvalue weighted by molar-refractivity contribution is 0.0949. The number of halogens is 5. The number of rotatable bonds is 4. The third kappa shape index (κ3) is 3.72. The number of carbonyl (C=O) groups excluding carboxylic acids is 1. The second-order valence-electron chi connectivity index (χ2n) is 4.46. The molecular formula is C15H10Cl2F3NO. The predicted molar refractivity (Wildman–Crippen MR) is 78.8 cm³/mol. The van der Waals surface area contributed by atoms with Gasteiger partial charge in [-0.1, -0.05) is 29.3 Å². The Bertz CT molecular complexity index is 722. The lowest BCUT2D eigenvalue weighted by atomic mass is 10.1. The summed E-state index contributed by atoms with van der Waals surface area (Å²) in [6.07, 6.45) is 0.382. The molecule has 0 aliphatic carbocycles. The zero-order valence-electron chi connectivity index (χ0n) is 11.1. The van der Waals surface area contributed by atoms with Gasteiger partial charge in [0, 0.05) is 16.6 Å². The van der Waals surface area contributed by atoms with Crippen LogP contribution in [-0.2, 0) is 6.42 Å². The van der Waals surface area contributed by atoms with Crippen LogP contribution < -0.4 is 5.32 Å². The maximum atomic E-state index is 13.5. The summed E-state index contributed by atoms with van der Waals surface area (Å²) in [5, 5.41) is 3.35. The van der Waals surface area contributed by atoms with Gasteiger partial charge < -0.3 is 5.32 Å². The summed E-state index contributed by atoms with van der Waals surface area (Å²) >= 11 is 11.7. The van der Waals surface area contributed by atoms with Gasteiger partial charge in [0.1, 0.15) is 0 Å². The molecule has 0 aromatic heterocycles. The molecule has 116 valence electrons. The molecule has 2 rings (SSSR count). The molecule has 0 fully saturated rings. The maximum Gasteiger partial charge on any atom is 0.254 e. The lowest BCUT2D eigenvalue weighted by Crippen LogP contribution is -2.27. The van der Waals surface area contributed by atoms with Crippen LogP contribution in [0, 0.1) is 17.5 Å². The first kappa shape index (κ1) is 16.6. The molecule has 0 heterocycles. The number of nitrogens with one attached hydrogen (secondary N) is 1. The van der Waals surface area contributed by atoms with Gasteiger partial charge in [-0.2, -0.15) is 0 Å². The lowest BCUT2D eigenvalue weighted by Gasteiger charge is -2.08. The molecule has 0 spiro atoms. The molecule has 0 unspecified atom stereocenters. The fourth-order valence-corrected chi connectivity index (χ4v) is 2.33. The number of benzene rings is 2. The topological polar surface area (TPSA) is 29.1 Å². The fourth-order valence-electron chi connectivity index (χ4n) is 1.83. The Morgan fingerprint density at radius 3 is 2.45 bits per heavy atom. The summed E-state index contributed by atoms with van der Waals surface area (Å²) in [6, 6.07) is 6.51. The van der Waals surface area contributed by atoms with Crippen LogP contribution in [0.2, 0.25) is 10.0 Å². The van der Waals surface area contributed by atoms with E-state index in [0.717, 1.165) is 11.6 Å². The van der Waals surface area contributed by atoms with E-state index in [1.807, 2.05) is 0 Å². The second kappa shape index (κ2) is 7.03. The highest BCUT2D eigenvalue weighted by atomic mass is 35.5. The number of amides is 1. The molecule has 0 saturated carbocycles. The van der Waals surface area contributed by atoms with E-state index in [0.29, 0.717) is 22.5 Å². The first-order valence-corrected chi connectivity index (χ1v) is 7.01. The van der Waals surface area contributed by atoms with Gasteiger partial charge in [0.05, 0.1) is 5.56 Å². The molecule has 0 aliphatic rings. The quantitative estimate of drug-likeness (QED) is 0.817. The van der Waals surface area contributed by atoms with Gasteiger partial charge in [-0.3, -0.25) is 4.79 Å². The average Bonchev–Trinajstić information content (AvgIpc) is 2.47. The zero-order valence-corrected chi connectivity index (χ0v) is 12.6. The molecule has 0 radical (unpaired) electrons. The maximum absolute atomic E-state index is 13.5. The van der Waals surface area contributed by atoms with Crippen LogP contribution in [0.3, 0.4) is 0 Å². The third-order valence-corrected chi connectivity index (χ3v) is 3.56. The van der Waals surface area contributed by atoms with Crippen molar-refractivity contribution in [2.24, 2.45) is 0 Å². The van der Waals surface area contributed by atoms with E-state index in [2.05, 4.69) is 5.32 Å². The smallest absolute Gasteiger partial charge is 0.254 e. The van der Waals surface area contributed by atoms with E-state index >= 15 is 0 Å². The van der Waals surface area contributed by atoms with Crippen LogP contribution in [0.4, 0.5) is 13.2 Å². The van der Waals surface area contributed by atoms with Crippen LogP contribution >= 0.6 is 23.2 Å². The van der Waals surface area contributed by atoms with E-state index in [-0.39, 0.29) is 6.54 Å². The number of carbonyl (C=O) groups is 1. The van der Waals surface area contributed by atoms with Crippen molar-refractivity contribution < 1.29 is 18.0 Å². The number of hydrogen-bond acceptors (Lipinski definition) is 1. The van der Waals surface area contributed by atoms with Crippen molar-refractivity contribution in [3.63, 3.8) is 0 Å². The van der Waals surface area contributed by atoms with E-state index in [9.17, 15) is 18.0 Å². The van der Waals surface area contributed by atoms with Crippen molar-refractivity contribution in [3.8, 4) is 0 Å². The van der Waals surface area contributed by atoms with Crippen LogP contribution in [0.1, 0.15) is 15.9 Å². The molecule has 7 heteroatoms. The predicted octanol–water partition coefficient (Wildman–Crippen LogP) is 4.38. The van der Waals surface area contributed by atoms with Gasteiger partial charge in [-0.05, 0) is 36.2 Å². The fraction of sp³-hybridized carbons (Fsp3) is 0.133. The standard InChI is InChI=1S/C15H10Cl2F3NO/c16-9-2-1-8(11(17)7-9)5-6-21-15(22)10-3-4-12(18)14(20)13(10)19/h1-4,7H,5-6H2,(H,21,22). The van der Waals surface area contributed by atoms with Crippen molar-refractivity contribution >= 4 is 29.1 Å². The Labute approximate surface area is 134 Å². The van der Waals surface area contributed by atoms with Gasteiger partial charge >= 0.3 is 0 Å². The van der Waals surface area contributed by atoms with Gasteiger partial charge in [0.25, 0.3) is 5.91 Å². The van der Waals surface area contributed by atoms with Crippen molar-refractivity contribution in [3.05, 3.63) is 69.0 Å². The van der Waals surface area contributed by atoms with Crippen LogP contribution in [0.25, 0.3) is 0 Å². The van der Waals surface area contributed by atoms with E-state index in [1.165, 1.54) is 0 Å². The summed E-state index contributed by atoms with van der Waals surface area (Å²) in [7, 11) is 0. The molecule has 1 N–H and O–H groups in total. The minimum absolute atomic E-state index is 0.151. The first-order chi connectivity index (χ1) is 10.4. The van der Waals surface area contributed by atoms with Crippen molar-refractivity contribution in [2.75, 3.05) is 6.54 Å². The van der Waals surface area contributed by atoms with E-state index in [4.69, 9.17) is 23.2 Å². The van der Waals surface area contributed by atoms with Crippen molar-refractivity contribution in [2.45, 2.75) is 6.42 Å². The normalized spacial score (nSPS) is 10.6. The SMILES string of the molecule is O=C(NCCc1ccc(Cl)cc1Cl)c1ccc(F)c(F)c1F. The molecule has 2 aromatic rings. The molecule has 0 aliphatic heterocycles. The van der Waals surface area contributed by atoms with Crippen molar-refractivity contribution in [1.29, 1.82) is 0 Å². The van der Waals surface area contributed by atoms with Gasteiger partial charge in [0.15, 0.2) is 17.5 Å². The zero-order chi connectivity index (χ0) is 16.3. The molecule has 2 aromatic carbocycles. The highest BCUT2D eigenvalue weighted by Gasteiger charge is 2.18. The first-order valence-electron chi connectivity index (χ1n) is 6.25. The summed E-state index contributed by atoms with van der Waals surface area (Å²) in [6.45, 7) is 0.151. The minimum Gasteiger partial charge on any atom is -0.352 e. The second-order valence-corrected chi connectivity index (χ2v) is 5.31. The Balaban J connectivity index is 2.00. The van der Waals surface area contributed by atoms with Gasteiger partial charge in [-0.25, -0.2) is 13.2 Å². The number of hydrogen-bond donors (Lipinski definition) is 1. The largest absolute Gasteiger partial charge is 0.352 e. The molecule has 0 atom stereocenters. The third-order valence-electron chi connectivity index (χ3n) is 2.97.